The molecule has 1 aromatic carbocycles. The Balaban J connectivity index is 1.74. The van der Waals surface area contributed by atoms with Gasteiger partial charge in [-0.1, -0.05) is 0 Å². The van der Waals surface area contributed by atoms with Crippen LogP contribution in [0.2, 0.25) is 0 Å². The number of sulfonamides is 1. The fourth-order valence-corrected chi connectivity index (χ4v) is 4.99. The van der Waals surface area contributed by atoms with Gasteiger partial charge in [0.05, 0.1) is 5.69 Å². The van der Waals surface area contributed by atoms with E-state index in [1.807, 2.05) is 6.07 Å². The second kappa shape index (κ2) is 7.72. The molecule has 146 valence electrons. The van der Waals surface area contributed by atoms with Crippen molar-refractivity contribution < 1.29 is 8.42 Å². The molecule has 2 heterocycles. The molecule has 2 fully saturated rings. The number of rotatable bonds is 4. The van der Waals surface area contributed by atoms with Gasteiger partial charge < -0.3 is 15.5 Å². The SMILES string of the molecule is CN1CCN(C2CCN(c3ccc(N)cc3S(=O)(=O)N(C)C)CC2)CC1. The van der Waals surface area contributed by atoms with Gasteiger partial charge in [-0.2, -0.15) is 0 Å². The summed E-state index contributed by atoms with van der Waals surface area (Å²) in [5, 5.41) is 0. The number of anilines is 2. The predicted octanol–water partition coefficient (Wildman–Crippen LogP) is 0.735. The average Bonchev–Trinajstić information content (AvgIpc) is 2.62. The van der Waals surface area contributed by atoms with Crippen molar-refractivity contribution in [3.63, 3.8) is 0 Å². The second-order valence-corrected chi connectivity index (χ2v) is 9.69. The van der Waals surface area contributed by atoms with Crippen LogP contribution in [0.4, 0.5) is 11.4 Å². The van der Waals surface area contributed by atoms with Gasteiger partial charge in [0.1, 0.15) is 4.90 Å². The quantitative estimate of drug-likeness (QED) is 0.776. The molecule has 8 heteroatoms. The highest BCUT2D eigenvalue weighted by Crippen LogP contribution is 2.32. The first-order valence-corrected chi connectivity index (χ1v) is 10.7. The standard InChI is InChI=1S/C18H31N5O2S/c1-20(2)26(24,25)18-14-15(19)4-5-17(18)23-8-6-16(7-9-23)22-12-10-21(3)11-13-22/h4-5,14,16H,6-13,19H2,1-3H3. The highest BCUT2D eigenvalue weighted by Gasteiger charge is 2.30. The lowest BCUT2D eigenvalue weighted by molar-refractivity contribution is 0.0981. The molecule has 3 rings (SSSR count). The van der Waals surface area contributed by atoms with Gasteiger partial charge >= 0.3 is 0 Å². The van der Waals surface area contributed by atoms with Crippen molar-refractivity contribution >= 4 is 21.4 Å². The van der Waals surface area contributed by atoms with Crippen LogP contribution < -0.4 is 10.6 Å². The van der Waals surface area contributed by atoms with Crippen molar-refractivity contribution in [2.45, 2.75) is 23.8 Å². The first kappa shape index (κ1) is 19.4. The van der Waals surface area contributed by atoms with Gasteiger partial charge in [0.15, 0.2) is 0 Å². The largest absolute Gasteiger partial charge is 0.399 e. The molecule has 0 bridgehead atoms. The van der Waals surface area contributed by atoms with Crippen LogP contribution in [-0.2, 0) is 10.0 Å². The summed E-state index contributed by atoms with van der Waals surface area (Å²) in [6.07, 6.45) is 2.13. The van der Waals surface area contributed by atoms with E-state index in [9.17, 15) is 8.42 Å². The number of hydrogen-bond donors (Lipinski definition) is 1. The highest BCUT2D eigenvalue weighted by molar-refractivity contribution is 7.89. The van der Waals surface area contributed by atoms with E-state index in [1.54, 1.807) is 26.2 Å². The molecule has 1 aromatic rings. The third-order valence-corrected chi connectivity index (χ3v) is 7.45. The first-order chi connectivity index (χ1) is 12.3. The number of nitrogens with zero attached hydrogens (tertiary/aromatic N) is 4. The monoisotopic (exact) mass is 381 g/mol. The number of piperazine rings is 1. The van der Waals surface area contributed by atoms with Gasteiger partial charge in [-0.15, -0.1) is 0 Å². The lowest BCUT2D eigenvalue weighted by Gasteiger charge is -2.43. The third kappa shape index (κ3) is 3.98. The summed E-state index contributed by atoms with van der Waals surface area (Å²) in [5.41, 5.74) is 7.11. The van der Waals surface area contributed by atoms with E-state index in [0.29, 0.717) is 16.6 Å². The van der Waals surface area contributed by atoms with E-state index in [1.165, 1.54) is 4.31 Å². The summed E-state index contributed by atoms with van der Waals surface area (Å²) in [7, 11) is 1.77. The number of likely N-dealkylation sites (N-methyl/N-ethyl adjacent to an activating group) is 1. The Hall–Kier alpha value is -1.35. The van der Waals surface area contributed by atoms with Crippen LogP contribution in [0.5, 0.6) is 0 Å². The van der Waals surface area contributed by atoms with Crippen molar-refractivity contribution in [1.82, 2.24) is 14.1 Å². The van der Waals surface area contributed by atoms with Crippen molar-refractivity contribution in [3.05, 3.63) is 18.2 Å². The van der Waals surface area contributed by atoms with E-state index in [4.69, 9.17) is 5.73 Å². The molecule has 0 spiro atoms. The zero-order valence-electron chi connectivity index (χ0n) is 16.1. The zero-order valence-corrected chi connectivity index (χ0v) is 16.9. The van der Waals surface area contributed by atoms with Crippen molar-refractivity contribution in [2.24, 2.45) is 0 Å². The Kier molecular flexibility index (Phi) is 5.76. The van der Waals surface area contributed by atoms with Gasteiger partial charge in [-0.05, 0) is 38.1 Å². The number of nitrogen functional groups attached to an aromatic ring is 1. The molecule has 7 nitrogen and oxygen atoms in total. The molecule has 26 heavy (non-hydrogen) atoms. The minimum atomic E-state index is -3.52. The Labute approximate surface area is 157 Å². The zero-order chi connectivity index (χ0) is 18.9. The van der Waals surface area contributed by atoms with E-state index in [0.717, 1.165) is 57.8 Å². The maximum absolute atomic E-state index is 12.7. The summed E-state index contributed by atoms with van der Waals surface area (Å²) in [6, 6.07) is 5.82. The summed E-state index contributed by atoms with van der Waals surface area (Å²) < 4.78 is 26.7. The van der Waals surface area contributed by atoms with Crippen LogP contribution in [0.1, 0.15) is 12.8 Å². The smallest absolute Gasteiger partial charge is 0.244 e. The van der Waals surface area contributed by atoms with Gasteiger partial charge in [-0.3, -0.25) is 4.90 Å². The van der Waals surface area contributed by atoms with E-state index in [2.05, 4.69) is 21.7 Å². The summed E-state index contributed by atoms with van der Waals surface area (Å²) in [4.78, 5) is 7.47. The summed E-state index contributed by atoms with van der Waals surface area (Å²) >= 11 is 0. The van der Waals surface area contributed by atoms with Crippen molar-refractivity contribution in [3.8, 4) is 0 Å². The van der Waals surface area contributed by atoms with Gasteiger partial charge in [0.2, 0.25) is 10.0 Å². The Morgan fingerprint density at radius 3 is 2.23 bits per heavy atom. The van der Waals surface area contributed by atoms with Crippen LogP contribution >= 0.6 is 0 Å². The maximum Gasteiger partial charge on any atom is 0.244 e. The fourth-order valence-electron chi connectivity index (χ4n) is 3.85. The molecular weight excluding hydrogens is 350 g/mol. The normalized spacial score (nSPS) is 21.5. The minimum Gasteiger partial charge on any atom is -0.399 e. The molecule has 2 aliphatic rings. The average molecular weight is 382 g/mol. The Morgan fingerprint density at radius 2 is 1.65 bits per heavy atom. The molecule has 0 aliphatic carbocycles. The lowest BCUT2D eigenvalue weighted by Crippen LogP contribution is -2.52. The van der Waals surface area contributed by atoms with Crippen LogP contribution in [0.15, 0.2) is 23.1 Å². The predicted molar refractivity (Wildman–Crippen MR) is 106 cm³/mol. The van der Waals surface area contributed by atoms with E-state index in [-0.39, 0.29) is 0 Å². The molecule has 0 atom stereocenters. The Bertz CT molecular complexity index is 721. The number of benzene rings is 1. The van der Waals surface area contributed by atoms with Crippen molar-refractivity contribution in [2.75, 3.05) is 71.0 Å². The number of hydrogen-bond acceptors (Lipinski definition) is 6. The first-order valence-electron chi connectivity index (χ1n) is 9.28. The second-order valence-electron chi connectivity index (χ2n) is 7.57. The van der Waals surface area contributed by atoms with Crippen molar-refractivity contribution in [1.29, 1.82) is 0 Å². The maximum atomic E-state index is 12.7. The molecule has 2 aliphatic heterocycles. The van der Waals surface area contributed by atoms with E-state index < -0.39 is 10.0 Å². The fraction of sp³-hybridized carbons (Fsp3) is 0.667. The minimum absolute atomic E-state index is 0.306. The molecule has 0 unspecified atom stereocenters. The molecule has 0 amide bonds. The molecular formula is C18H31N5O2S. The summed E-state index contributed by atoms with van der Waals surface area (Å²) in [6.45, 7) is 6.26. The molecule has 0 radical (unpaired) electrons. The van der Waals surface area contributed by atoms with E-state index >= 15 is 0 Å². The van der Waals surface area contributed by atoms with Crippen LogP contribution in [0, 0.1) is 0 Å². The number of nitrogens with two attached hydrogens (primary N) is 1. The van der Waals surface area contributed by atoms with Gasteiger partial charge in [0.25, 0.3) is 0 Å². The van der Waals surface area contributed by atoms with Crippen LogP contribution in [0.3, 0.4) is 0 Å². The topological polar surface area (TPSA) is 73.1 Å². The molecule has 2 saturated heterocycles. The molecule has 0 saturated carbocycles. The van der Waals surface area contributed by atoms with Crippen LogP contribution in [0.25, 0.3) is 0 Å². The van der Waals surface area contributed by atoms with Gasteiger partial charge in [0, 0.05) is 65.1 Å². The van der Waals surface area contributed by atoms with Crippen LogP contribution in [-0.4, -0.2) is 89.0 Å². The highest BCUT2D eigenvalue weighted by atomic mass is 32.2. The third-order valence-electron chi connectivity index (χ3n) is 5.60. The number of piperidine rings is 1. The molecule has 0 aromatic heterocycles. The Morgan fingerprint density at radius 1 is 1.04 bits per heavy atom. The summed E-state index contributed by atoms with van der Waals surface area (Å²) in [5.74, 6) is 0. The lowest BCUT2D eigenvalue weighted by atomic mass is 10.0. The van der Waals surface area contributed by atoms with Gasteiger partial charge in [-0.25, -0.2) is 12.7 Å². The molecule has 2 N–H and O–H groups in total.